The molecule has 3 nitrogen and oxygen atoms in total. The molecule has 2 N–H and O–H groups in total. The summed E-state index contributed by atoms with van der Waals surface area (Å²) in [6, 6.07) is 7.49. The van der Waals surface area contributed by atoms with Crippen LogP contribution in [0.1, 0.15) is 51.7 Å². The van der Waals surface area contributed by atoms with Gasteiger partial charge in [-0.05, 0) is 44.2 Å². The second kappa shape index (κ2) is 6.20. The number of esters is 1. The smallest absolute Gasteiger partial charge is 0.323 e. The van der Waals surface area contributed by atoms with Crippen LogP contribution in [0.25, 0.3) is 0 Å². The molecule has 0 aliphatic carbocycles. The van der Waals surface area contributed by atoms with Crippen molar-refractivity contribution in [2.75, 3.05) is 0 Å². The molecule has 0 aromatic heterocycles. The minimum absolute atomic E-state index is 0.342. The maximum absolute atomic E-state index is 11.9. The van der Waals surface area contributed by atoms with Gasteiger partial charge in [0.05, 0.1) is 0 Å². The summed E-state index contributed by atoms with van der Waals surface area (Å²) < 4.78 is 5.31. The average molecular weight is 263 g/mol. The molecule has 19 heavy (non-hydrogen) atoms. The highest BCUT2D eigenvalue weighted by Crippen LogP contribution is 2.20. The predicted molar refractivity (Wildman–Crippen MR) is 78.1 cm³/mol. The maximum Gasteiger partial charge on any atom is 0.323 e. The van der Waals surface area contributed by atoms with Gasteiger partial charge in [-0.3, -0.25) is 4.79 Å². The van der Waals surface area contributed by atoms with Crippen molar-refractivity contribution < 1.29 is 9.53 Å². The van der Waals surface area contributed by atoms with Gasteiger partial charge in [-0.1, -0.05) is 38.1 Å². The lowest BCUT2D eigenvalue weighted by atomic mass is 9.93. The van der Waals surface area contributed by atoms with Crippen LogP contribution in [-0.2, 0) is 16.0 Å². The Labute approximate surface area is 116 Å². The van der Waals surface area contributed by atoms with Gasteiger partial charge in [0.1, 0.15) is 11.6 Å². The Morgan fingerprint density at radius 1 is 1.26 bits per heavy atom. The monoisotopic (exact) mass is 263 g/mol. The molecule has 0 aliphatic rings. The van der Waals surface area contributed by atoms with Crippen molar-refractivity contribution in [3.63, 3.8) is 0 Å². The van der Waals surface area contributed by atoms with E-state index in [9.17, 15) is 4.79 Å². The molecule has 0 bridgehead atoms. The number of ether oxygens (including phenoxy) is 1. The fraction of sp³-hybridized carbons (Fsp3) is 0.562. The van der Waals surface area contributed by atoms with E-state index in [1.807, 2.05) is 39.0 Å². The van der Waals surface area contributed by atoms with Gasteiger partial charge in [0.2, 0.25) is 0 Å². The Bertz CT molecular complexity index is 433. The third-order valence-electron chi connectivity index (χ3n) is 2.83. The molecule has 106 valence electrons. The van der Waals surface area contributed by atoms with Crippen LogP contribution < -0.4 is 5.73 Å². The van der Waals surface area contributed by atoms with Gasteiger partial charge >= 0.3 is 5.97 Å². The Balaban J connectivity index is 2.77. The molecule has 1 unspecified atom stereocenters. The highest BCUT2D eigenvalue weighted by Gasteiger charge is 2.23. The molecule has 1 aromatic carbocycles. The number of hydrogen-bond acceptors (Lipinski definition) is 3. The molecule has 0 saturated carbocycles. The van der Waals surface area contributed by atoms with E-state index in [2.05, 4.69) is 19.9 Å². The number of carbonyl (C=O) groups excluding carboxylic acids is 1. The van der Waals surface area contributed by atoms with E-state index in [0.29, 0.717) is 12.3 Å². The molecular formula is C16H25NO2. The second-order valence-corrected chi connectivity index (χ2v) is 6.20. The summed E-state index contributed by atoms with van der Waals surface area (Å²) in [6.45, 7) is 9.81. The van der Waals surface area contributed by atoms with Crippen molar-refractivity contribution in [1.82, 2.24) is 0 Å². The van der Waals surface area contributed by atoms with Crippen LogP contribution >= 0.6 is 0 Å². The van der Waals surface area contributed by atoms with Crippen molar-refractivity contribution >= 4 is 5.97 Å². The van der Waals surface area contributed by atoms with E-state index in [1.165, 1.54) is 5.56 Å². The lowest BCUT2D eigenvalue weighted by Gasteiger charge is -2.23. The largest absolute Gasteiger partial charge is 0.459 e. The topological polar surface area (TPSA) is 52.3 Å². The molecule has 0 saturated heterocycles. The molecular weight excluding hydrogens is 238 g/mol. The molecule has 0 amide bonds. The summed E-state index contributed by atoms with van der Waals surface area (Å²) in [5.41, 5.74) is 7.82. The molecule has 1 aromatic rings. The zero-order valence-electron chi connectivity index (χ0n) is 12.6. The summed E-state index contributed by atoms with van der Waals surface area (Å²) in [5, 5.41) is 0. The normalized spacial score (nSPS) is 13.4. The molecule has 0 fully saturated rings. The number of hydrogen-bond donors (Lipinski definition) is 1. The van der Waals surface area contributed by atoms with Gasteiger partial charge in [0.15, 0.2) is 0 Å². The van der Waals surface area contributed by atoms with Crippen LogP contribution in [0.5, 0.6) is 0 Å². The Kier molecular flexibility index (Phi) is 5.12. The van der Waals surface area contributed by atoms with Crippen LogP contribution in [0.15, 0.2) is 24.3 Å². The molecule has 0 radical (unpaired) electrons. The third kappa shape index (κ3) is 5.03. The molecule has 0 heterocycles. The van der Waals surface area contributed by atoms with Crippen molar-refractivity contribution in [3.05, 3.63) is 35.4 Å². The fourth-order valence-corrected chi connectivity index (χ4v) is 1.98. The molecule has 0 aliphatic heterocycles. The predicted octanol–water partition coefficient (Wildman–Crippen LogP) is 3.02. The van der Waals surface area contributed by atoms with E-state index in [4.69, 9.17) is 10.5 Å². The van der Waals surface area contributed by atoms with Crippen molar-refractivity contribution in [2.24, 2.45) is 5.73 Å². The average Bonchev–Trinajstić information content (AvgIpc) is 2.27. The van der Waals surface area contributed by atoms with E-state index in [1.54, 1.807) is 0 Å². The van der Waals surface area contributed by atoms with Crippen LogP contribution in [0.2, 0.25) is 0 Å². The van der Waals surface area contributed by atoms with Crippen LogP contribution in [0, 0.1) is 0 Å². The first-order valence-corrected chi connectivity index (χ1v) is 6.77. The Hall–Kier alpha value is -1.35. The van der Waals surface area contributed by atoms with Crippen LogP contribution in [0.3, 0.4) is 0 Å². The molecule has 1 atom stereocenters. The molecule has 0 spiro atoms. The van der Waals surface area contributed by atoms with Gasteiger partial charge in [-0.15, -0.1) is 0 Å². The number of rotatable bonds is 4. The molecule has 3 heteroatoms. The SMILES string of the molecule is CC(C)c1ccccc1CC(N)C(=O)OC(C)(C)C. The van der Waals surface area contributed by atoms with Gasteiger partial charge in [0, 0.05) is 0 Å². The first-order valence-electron chi connectivity index (χ1n) is 6.77. The quantitative estimate of drug-likeness (QED) is 0.850. The van der Waals surface area contributed by atoms with Gasteiger partial charge in [-0.25, -0.2) is 0 Å². The van der Waals surface area contributed by atoms with Crippen molar-refractivity contribution in [2.45, 2.75) is 58.6 Å². The second-order valence-electron chi connectivity index (χ2n) is 6.20. The van der Waals surface area contributed by atoms with E-state index in [-0.39, 0.29) is 5.97 Å². The zero-order valence-corrected chi connectivity index (χ0v) is 12.6. The first kappa shape index (κ1) is 15.7. The lowest BCUT2D eigenvalue weighted by Crippen LogP contribution is -2.39. The van der Waals surface area contributed by atoms with E-state index in [0.717, 1.165) is 5.56 Å². The maximum atomic E-state index is 11.9. The van der Waals surface area contributed by atoms with Crippen LogP contribution in [-0.4, -0.2) is 17.6 Å². The van der Waals surface area contributed by atoms with Gasteiger partial charge in [0.25, 0.3) is 0 Å². The van der Waals surface area contributed by atoms with Crippen LogP contribution in [0.4, 0.5) is 0 Å². The number of nitrogens with two attached hydrogens (primary N) is 1. The first-order chi connectivity index (χ1) is 8.70. The zero-order chi connectivity index (χ0) is 14.6. The third-order valence-corrected chi connectivity index (χ3v) is 2.83. The number of carbonyl (C=O) groups is 1. The molecule has 1 rings (SSSR count). The van der Waals surface area contributed by atoms with E-state index < -0.39 is 11.6 Å². The summed E-state index contributed by atoms with van der Waals surface area (Å²) in [7, 11) is 0. The highest BCUT2D eigenvalue weighted by molar-refractivity contribution is 5.76. The summed E-state index contributed by atoms with van der Waals surface area (Å²) in [6.07, 6.45) is 0.517. The Morgan fingerprint density at radius 3 is 2.37 bits per heavy atom. The minimum atomic E-state index is -0.612. The van der Waals surface area contributed by atoms with E-state index >= 15 is 0 Å². The number of benzene rings is 1. The summed E-state index contributed by atoms with van der Waals surface area (Å²) >= 11 is 0. The summed E-state index contributed by atoms with van der Waals surface area (Å²) in [5.74, 6) is 0.0769. The Morgan fingerprint density at radius 2 is 1.84 bits per heavy atom. The lowest BCUT2D eigenvalue weighted by molar-refractivity contribution is -0.156. The highest BCUT2D eigenvalue weighted by atomic mass is 16.6. The fourth-order valence-electron chi connectivity index (χ4n) is 1.98. The summed E-state index contributed by atoms with van der Waals surface area (Å²) in [4.78, 5) is 11.9. The van der Waals surface area contributed by atoms with Gasteiger partial charge < -0.3 is 10.5 Å². The minimum Gasteiger partial charge on any atom is -0.459 e. The van der Waals surface area contributed by atoms with Crippen molar-refractivity contribution in [3.8, 4) is 0 Å². The van der Waals surface area contributed by atoms with Gasteiger partial charge in [-0.2, -0.15) is 0 Å². The van der Waals surface area contributed by atoms with Crippen molar-refractivity contribution in [1.29, 1.82) is 0 Å². The standard InChI is InChI=1S/C16H25NO2/c1-11(2)13-9-7-6-8-12(13)10-14(17)15(18)19-16(3,4)5/h6-9,11,14H,10,17H2,1-5H3.